The lowest BCUT2D eigenvalue weighted by Gasteiger charge is -2.20. The zero-order valence-corrected chi connectivity index (χ0v) is 19.7. The summed E-state index contributed by atoms with van der Waals surface area (Å²) in [5.41, 5.74) is 8.50. The second kappa shape index (κ2) is 10.5. The molecule has 0 atom stereocenters. The van der Waals surface area contributed by atoms with Crippen LogP contribution in [0.15, 0.2) is 58.2 Å². The summed E-state index contributed by atoms with van der Waals surface area (Å²) in [4.78, 5) is 25.9. The van der Waals surface area contributed by atoms with Gasteiger partial charge in [-0.1, -0.05) is 34.9 Å². The summed E-state index contributed by atoms with van der Waals surface area (Å²) in [6.07, 6.45) is 11.4. The molecule has 2 rings (SSSR count). The number of allylic oxidation sites excluding steroid dienone is 8. The molecule has 1 aromatic rings. The number of ketones is 2. The number of rotatable bonds is 8. The van der Waals surface area contributed by atoms with E-state index in [1.54, 1.807) is 6.92 Å². The lowest BCUT2D eigenvalue weighted by molar-refractivity contribution is 0.0973. The van der Waals surface area contributed by atoms with Crippen molar-refractivity contribution >= 4 is 11.6 Å². The average Bonchev–Trinajstić information content (AvgIpc) is 2.67. The molecule has 0 bridgehead atoms. The van der Waals surface area contributed by atoms with Crippen molar-refractivity contribution in [3.63, 3.8) is 0 Å². The first-order valence-electron chi connectivity index (χ1n) is 11.0. The summed E-state index contributed by atoms with van der Waals surface area (Å²) in [6.45, 7) is 14.3. The second-order valence-corrected chi connectivity index (χ2v) is 8.91. The SMILES string of the molecule is CC(C)=CCC/C(C)=C/CC/C(C)=C/CC1=C(C)C(=O)c2cc(C)c(C)cc2C1=O. The van der Waals surface area contributed by atoms with Crippen LogP contribution in [0.2, 0.25) is 0 Å². The van der Waals surface area contributed by atoms with E-state index < -0.39 is 0 Å². The number of aryl methyl sites for hydroxylation is 2. The Balaban J connectivity index is 2.03. The van der Waals surface area contributed by atoms with Gasteiger partial charge in [-0.05, 0) is 104 Å². The molecule has 0 aliphatic heterocycles. The highest BCUT2D eigenvalue weighted by Crippen LogP contribution is 2.30. The molecule has 0 heterocycles. The van der Waals surface area contributed by atoms with Gasteiger partial charge in [0.1, 0.15) is 0 Å². The first kappa shape index (κ1) is 23.8. The fourth-order valence-electron chi connectivity index (χ4n) is 3.72. The summed E-state index contributed by atoms with van der Waals surface area (Å²) >= 11 is 0. The van der Waals surface area contributed by atoms with Crippen molar-refractivity contribution in [2.75, 3.05) is 0 Å². The Morgan fingerprint density at radius 3 is 1.80 bits per heavy atom. The summed E-state index contributed by atoms with van der Waals surface area (Å²) < 4.78 is 0. The molecule has 0 fully saturated rings. The van der Waals surface area contributed by atoms with Crippen molar-refractivity contribution in [1.82, 2.24) is 0 Å². The molecule has 0 amide bonds. The van der Waals surface area contributed by atoms with Crippen LogP contribution in [0.3, 0.4) is 0 Å². The van der Waals surface area contributed by atoms with Gasteiger partial charge in [-0.3, -0.25) is 9.59 Å². The molecular weight excluding hydrogens is 368 g/mol. The van der Waals surface area contributed by atoms with Crippen molar-refractivity contribution in [2.45, 2.75) is 80.6 Å². The lowest BCUT2D eigenvalue weighted by Crippen LogP contribution is -2.21. The molecular formula is C28H36O2. The number of Topliss-reactive ketones (excluding diaryl/α,β-unsaturated/α-hetero) is 2. The van der Waals surface area contributed by atoms with E-state index >= 15 is 0 Å². The fraction of sp³-hybridized carbons (Fsp3) is 0.429. The first-order valence-corrected chi connectivity index (χ1v) is 11.0. The third-order valence-corrected chi connectivity index (χ3v) is 5.97. The van der Waals surface area contributed by atoms with Crippen LogP contribution >= 0.6 is 0 Å². The highest BCUT2D eigenvalue weighted by Gasteiger charge is 2.29. The quantitative estimate of drug-likeness (QED) is 0.414. The van der Waals surface area contributed by atoms with Gasteiger partial charge in [0, 0.05) is 22.3 Å². The fourth-order valence-corrected chi connectivity index (χ4v) is 3.72. The van der Waals surface area contributed by atoms with Gasteiger partial charge in [-0.2, -0.15) is 0 Å². The molecule has 2 heteroatoms. The molecule has 0 unspecified atom stereocenters. The molecule has 0 saturated carbocycles. The molecule has 160 valence electrons. The lowest BCUT2D eigenvalue weighted by atomic mass is 9.81. The van der Waals surface area contributed by atoms with Crippen LogP contribution in [0, 0.1) is 13.8 Å². The van der Waals surface area contributed by atoms with Crippen molar-refractivity contribution in [2.24, 2.45) is 0 Å². The first-order chi connectivity index (χ1) is 14.1. The number of benzene rings is 1. The molecule has 1 aromatic carbocycles. The summed E-state index contributed by atoms with van der Waals surface area (Å²) in [7, 11) is 0. The molecule has 0 spiro atoms. The Bertz CT molecular complexity index is 961. The van der Waals surface area contributed by atoms with Gasteiger partial charge in [0.2, 0.25) is 0 Å². The van der Waals surface area contributed by atoms with Crippen LogP contribution in [0.25, 0.3) is 0 Å². The van der Waals surface area contributed by atoms with Gasteiger partial charge < -0.3 is 0 Å². The van der Waals surface area contributed by atoms with Crippen LogP contribution in [0.5, 0.6) is 0 Å². The Morgan fingerprint density at radius 2 is 1.23 bits per heavy atom. The van der Waals surface area contributed by atoms with Gasteiger partial charge in [-0.15, -0.1) is 0 Å². The third-order valence-electron chi connectivity index (χ3n) is 5.97. The van der Waals surface area contributed by atoms with Crippen LogP contribution in [0.4, 0.5) is 0 Å². The number of carbonyl (C=O) groups is 2. The van der Waals surface area contributed by atoms with Crippen LogP contribution in [0.1, 0.15) is 98.6 Å². The van der Waals surface area contributed by atoms with Crippen molar-refractivity contribution < 1.29 is 9.59 Å². The van der Waals surface area contributed by atoms with Crippen molar-refractivity contribution in [1.29, 1.82) is 0 Å². The predicted molar refractivity (Wildman–Crippen MR) is 127 cm³/mol. The molecule has 2 nitrogen and oxygen atoms in total. The molecule has 0 radical (unpaired) electrons. The number of fused-ring (bicyclic) bond motifs is 1. The van der Waals surface area contributed by atoms with E-state index in [-0.39, 0.29) is 11.6 Å². The van der Waals surface area contributed by atoms with Gasteiger partial charge in [0.15, 0.2) is 11.6 Å². The van der Waals surface area contributed by atoms with Crippen LogP contribution < -0.4 is 0 Å². The Hall–Kier alpha value is -2.48. The van der Waals surface area contributed by atoms with E-state index in [1.807, 2.05) is 26.0 Å². The monoisotopic (exact) mass is 404 g/mol. The summed E-state index contributed by atoms with van der Waals surface area (Å²) in [5.74, 6) is -0.00654. The molecule has 30 heavy (non-hydrogen) atoms. The van der Waals surface area contributed by atoms with Crippen LogP contribution in [-0.4, -0.2) is 11.6 Å². The van der Waals surface area contributed by atoms with Gasteiger partial charge in [0.25, 0.3) is 0 Å². The standard InChI is InChI=1S/C28H36O2/c1-18(2)10-8-11-19(3)12-9-13-20(4)14-15-24-23(7)27(29)25-16-21(5)22(6)17-26(25)28(24)30/h10,12,14,16-17H,8-9,11,13,15H2,1-7H3/b19-12+,20-14+. The maximum atomic E-state index is 13.0. The van der Waals surface area contributed by atoms with E-state index in [2.05, 4.69) is 45.9 Å². The van der Waals surface area contributed by atoms with Gasteiger partial charge >= 0.3 is 0 Å². The van der Waals surface area contributed by atoms with E-state index in [1.165, 1.54) is 16.7 Å². The normalized spacial score (nSPS) is 14.9. The minimum atomic E-state index is -0.0105. The van der Waals surface area contributed by atoms with Crippen molar-refractivity contribution in [3.05, 3.63) is 80.5 Å². The minimum absolute atomic E-state index is 0.00395. The molecule has 1 aliphatic carbocycles. The van der Waals surface area contributed by atoms with Crippen LogP contribution in [-0.2, 0) is 0 Å². The van der Waals surface area contributed by atoms with Gasteiger partial charge in [-0.25, -0.2) is 0 Å². The van der Waals surface area contributed by atoms with E-state index in [9.17, 15) is 9.59 Å². The Labute approximate surface area is 182 Å². The smallest absolute Gasteiger partial charge is 0.190 e. The summed E-state index contributed by atoms with van der Waals surface area (Å²) in [5, 5.41) is 0. The predicted octanol–water partition coefficient (Wildman–Crippen LogP) is 7.81. The number of hydrogen-bond donors (Lipinski definition) is 0. The largest absolute Gasteiger partial charge is 0.289 e. The third kappa shape index (κ3) is 6.01. The molecule has 0 N–H and O–H groups in total. The maximum Gasteiger partial charge on any atom is 0.190 e. The highest BCUT2D eigenvalue weighted by molar-refractivity contribution is 6.26. The van der Waals surface area contributed by atoms with Crippen molar-refractivity contribution in [3.8, 4) is 0 Å². The molecule has 1 aliphatic rings. The highest BCUT2D eigenvalue weighted by atomic mass is 16.1. The topological polar surface area (TPSA) is 34.1 Å². The number of carbonyl (C=O) groups excluding carboxylic acids is 2. The van der Waals surface area contributed by atoms with E-state index in [0.29, 0.717) is 28.7 Å². The molecule has 0 saturated heterocycles. The zero-order chi connectivity index (χ0) is 22.4. The zero-order valence-electron chi connectivity index (χ0n) is 19.7. The summed E-state index contributed by atoms with van der Waals surface area (Å²) in [6, 6.07) is 3.73. The number of hydrogen-bond acceptors (Lipinski definition) is 2. The Kier molecular flexibility index (Phi) is 8.34. The second-order valence-electron chi connectivity index (χ2n) is 8.91. The Morgan fingerprint density at radius 1 is 0.733 bits per heavy atom. The van der Waals surface area contributed by atoms with E-state index in [0.717, 1.165) is 36.8 Å². The van der Waals surface area contributed by atoms with Gasteiger partial charge in [0.05, 0.1) is 0 Å². The van der Waals surface area contributed by atoms with E-state index in [4.69, 9.17) is 0 Å². The average molecular weight is 405 g/mol. The maximum absolute atomic E-state index is 13.0. The molecule has 0 aromatic heterocycles. The minimum Gasteiger partial charge on any atom is -0.289 e.